The number of anilines is 3. The highest BCUT2D eigenvalue weighted by atomic mass is 16.2. The predicted octanol–water partition coefficient (Wildman–Crippen LogP) is 3.67. The van der Waals surface area contributed by atoms with Gasteiger partial charge in [0, 0.05) is 47.7 Å². The molecule has 1 aliphatic carbocycles. The second-order valence-corrected chi connectivity index (χ2v) is 8.74. The smallest absolute Gasteiger partial charge is 0.255 e. The molecule has 1 saturated carbocycles. The maximum Gasteiger partial charge on any atom is 0.255 e. The van der Waals surface area contributed by atoms with Crippen molar-refractivity contribution >= 4 is 28.9 Å². The number of carbonyl (C=O) groups is 2. The molecule has 4 rings (SSSR count). The fourth-order valence-electron chi connectivity index (χ4n) is 3.98. The Morgan fingerprint density at radius 1 is 0.967 bits per heavy atom. The van der Waals surface area contributed by atoms with Crippen molar-refractivity contribution in [3.8, 4) is 0 Å². The number of likely N-dealkylation sites (N-methyl/N-ethyl adjacent to an activating group) is 1. The summed E-state index contributed by atoms with van der Waals surface area (Å²) in [6.45, 7) is 4.16. The lowest BCUT2D eigenvalue weighted by molar-refractivity contribution is -0.117. The zero-order chi connectivity index (χ0) is 21.3. The van der Waals surface area contributed by atoms with Gasteiger partial charge in [-0.1, -0.05) is 6.92 Å². The van der Waals surface area contributed by atoms with Crippen LogP contribution in [-0.4, -0.2) is 49.9 Å². The Hall–Kier alpha value is -2.86. The number of nitrogens with one attached hydrogen (secondary N) is 2. The molecule has 0 radical (unpaired) electrons. The van der Waals surface area contributed by atoms with Gasteiger partial charge < -0.3 is 20.4 Å². The van der Waals surface area contributed by atoms with Crippen LogP contribution in [0.4, 0.5) is 17.1 Å². The van der Waals surface area contributed by atoms with Crippen molar-refractivity contribution in [3.05, 3.63) is 54.1 Å². The third-order valence-corrected chi connectivity index (χ3v) is 6.24. The number of hydrogen-bond acceptors (Lipinski definition) is 4. The molecule has 6 heteroatoms. The summed E-state index contributed by atoms with van der Waals surface area (Å²) in [4.78, 5) is 29.2. The van der Waals surface area contributed by atoms with Gasteiger partial charge in [-0.05, 0) is 81.4 Å². The summed E-state index contributed by atoms with van der Waals surface area (Å²) in [5.74, 6) is 0.506. The van der Waals surface area contributed by atoms with Gasteiger partial charge in [-0.25, -0.2) is 0 Å². The number of nitrogens with zero attached hydrogens (tertiary/aromatic N) is 2. The van der Waals surface area contributed by atoms with E-state index in [1.165, 1.54) is 12.1 Å². The second-order valence-electron chi connectivity index (χ2n) is 8.74. The van der Waals surface area contributed by atoms with Crippen molar-refractivity contribution in [2.45, 2.75) is 25.8 Å². The van der Waals surface area contributed by atoms with Crippen LogP contribution in [0.2, 0.25) is 0 Å². The first kappa shape index (κ1) is 20.4. The van der Waals surface area contributed by atoms with E-state index in [1.807, 2.05) is 12.1 Å². The van der Waals surface area contributed by atoms with Gasteiger partial charge in [0.15, 0.2) is 0 Å². The number of carbonyl (C=O) groups excluding carboxylic acids is 2. The first-order valence-electron chi connectivity index (χ1n) is 10.6. The first-order chi connectivity index (χ1) is 14.4. The Labute approximate surface area is 178 Å². The summed E-state index contributed by atoms with van der Waals surface area (Å²) in [6.07, 6.45) is 2.13. The van der Waals surface area contributed by atoms with Crippen LogP contribution in [0.1, 0.15) is 30.1 Å². The van der Waals surface area contributed by atoms with Crippen LogP contribution >= 0.6 is 0 Å². The molecule has 2 fully saturated rings. The lowest BCUT2D eigenvalue weighted by atomic mass is 10.1. The molecule has 0 spiro atoms. The molecule has 3 unspecified atom stereocenters. The standard InChI is InChI=1S/C24H30N4O2/c1-16-14-22(16)24(30)26-18-6-4-17(5-7-18)23(29)25-19-8-10-20(11-9-19)28-13-12-21(15-28)27(2)3/h4-11,16,21-22H,12-15H2,1-3H3,(H,25,29)(H,26,30). The minimum Gasteiger partial charge on any atom is -0.370 e. The number of rotatable bonds is 6. The van der Waals surface area contributed by atoms with E-state index in [9.17, 15) is 9.59 Å². The highest BCUT2D eigenvalue weighted by Crippen LogP contribution is 2.38. The lowest BCUT2D eigenvalue weighted by Gasteiger charge is -2.22. The van der Waals surface area contributed by atoms with Crippen LogP contribution in [-0.2, 0) is 4.79 Å². The van der Waals surface area contributed by atoms with Gasteiger partial charge >= 0.3 is 0 Å². The third-order valence-electron chi connectivity index (χ3n) is 6.24. The fraction of sp³-hybridized carbons (Fsp3) is 0.417. The summed E-state index contributed by atoms with van der Waals surface area (Å²) in [6, 6.07) is 15.6. The molecule has 2 N–H and O–H groups in total. The van der Waals surface area contributed by atoms with E-state index < -0.39 is 0 Å². The fourth-order valence-corrected chi connectivity index (χ4v) is 3.98. The van der Waals surface area contributed by atoms with Crippen LogP contribution < -0.4 is 15.5 Å². The summed E-state index contributed by atoms with van der Waals surface area (Å²) in [7, 11) is 4.25. The van der Waals surface area contributed by atoms with E-state index in [0.717, 1.165) is 30.9 Å². The van der Waals surface area contributed by atoms with E-state index in [1.54, 1.807) is 24.3 Å². The van der Waals surface area contributed by atoms with Crippen molar-refractivity contribution in [1.29, 1.82) is 0 Å². The maximum atomic E-state index is 12.6. The molecule has 6 nitrogen and oxygen atoms in total. The normalized spacial score (nSPS) is 22.8. The van der Waals surface area contributed by atoms with Gasteiger partial charge in [-0.3, -0.25) is 9.59 Å². The van der Waals surface area contributed by atoms with Crippen molar-refractivity contribution in [3.63, 3.8) is 0 Å². The SMILES string of the molecule is CC1CC1C(=O)Nc1ccc(C(=O)Nc2ccc(N3CCC(N(C)C)C3)cc2)cc1. The van der Waals surface area contributed by atoms with Gasteiger partial charge in [0.25, 0.3) is 5.91 Å². The average Bonchev–Trinajstić information content (AvgIpc) is 3.26. The quantitative estimate of drug-likeness (QED) is 0.768. The van der Waals surface area contributed by atoms with Gasteiger partial charge in [-0.15, -0.1) is 0 Å². The third kappa shape index (κ3) is 4.65. The largest absolute Gasteiger partial charge is 0.370 e. The lowest BCUT2D eigenvalue weighted by Crippen LogP contribution is -2.31. The van der Waals surface area contributed by atoms with Crippen LogP contribution in [0, 0.1) is 11.8 Å². The number of hydrogen-bond donors (Lipinski definition) is 2. The van der Waals surface area contributed by atoms with Crippen LogP contribution in [0.15, 0.2) is 48.5 Å². The number of amides is 2. The molecule has 0 aromatic heterocycles. The molecule has 2 amide bonds. The van der Waals surface area contributed by atoms with E-state index in [-0.39, 0.29) is 17.7 Å². The molecule has 1 saturated heterocycles. The van der Waals surface area contributed by atoms with Gasteiger partial charge in [0.05, 0.1) is 0 Å². The van der Waals surface area contributed by atoms with Gasteiger partial charge in [-0.2, -0.15) is 0 Å². The minimum atomic E-state index is -0.162. The minimum absolute atomic E-state index is 0.0645. The van der Waals surface area contributed by atoms with Crippen molar-refractivity contribution in [2.75, 3.05) is 42.7 Å². The predicted molar refractivity (Wildman–Crippen MR) is 121 cm³/mol. The van der Waals surface area contributed by atoms with E-state index in [0.29, 0.717) is 17.5 Å². The highest BCUT2D eigenvalue weighted by molar-refractivity contribution is 6.04. The molecule has 1 aliphatic heterocycles. The first-order valence-corrected chi connectivity index (χ1v) is 10.6. The zero-order valence-electron chi connectivity index (χ0n) is 17.9. The Kier molecular flexibility index (Phi) is 5.77. The van der Waals surface area contributed by atoms with Crippen LogP contribution in [0.5, 0.6) is 0 Å². The Morgan fingerprint density at radius 2 is 1.57 bits per heavy atom. The molecular weight excluding hydrogens is 376 g/mol. The molecular formula is C24H30N4O2. The molecule has 158 valence electrons. The second kappa shape index (κ2) is 8.48. The van der Waals surface area contributed by atoms with E-state index in [2.05, 4.69) is 53.6 Å². The van der Waals surface area contributed by atoms with Crippen molar-refractivity contribution < 1.29 is 9.59 Å². The monoisotopic (exact) mass is 406 g/mol. The van der Waals surface area contributed by atoms with E-state index >= 15 is 0 Å². The highest BCUT2D eigenvalue weighted by Gasteiger charge is 2.39. The molecule has 30 heavy (non-hydrogen) atoms. The molecule has 2 aromatic rings. The maximum absolute atomic E-state index is 12.6. The topological polar surface area (TPSA) is 64.7 Å². The Balaban J connectivity index is 1.32. The molecule has 1 heterocycles. The summed E-state index contributed by atoms with van der Waals surface area (Å²) in [5, 5.41) is 5.86. The summed E-state index contributed by atoms with van der Waals surface area (Å²) >= 11 is 0. The van der Waals surface area contributed by atoms with Gasteiger partial charge in [0.2, 0.25) is 5.91 Å². The van der Waals surface area contributed by atoms with Gasteiger partial charge in [0.1, 0.15) is 0 Å². The van der Waals surface area contributed by atoms with Crippen LogP contribution in [0.3, 0.4) is 0 Å². The van der Waals surface area contributed by atoms with E-state index in [4.69, 9.17) is 0 Å². The molecule has 0 bridgehead atoms. The molecule has 3 atom stereocenters. The molecule has 2 aliphatic rings. The average molecular weight is 407 g/mol. The number of benzene rings is 2. The van der Waals surface area contributed by atoms with Crippen molar-refractivity contribution in [1.82, 2.24) is 4.90 Å². The molecule has 2 aromatic carbocycles. The van der Waals surface area contributed by atoms with Crippen molar-refractivity contribution in [2.24, 2.45) is 11.8 Å². The Morgan fingerprint density at radius 3 is 2.13 bits per heavy atom. The Bertz CT molecular complexity index is 908. The summed E-state index contributed by atoms with van der Waals surface area (Å²) < 4.78 is 0. The van der Waals surface area contributed by atoms with Crippen LogP contribution in [0.25, 0.3) is 0 Å². The zero-order valence-corrected chi connectivity index (χ0v) is 17.9. The summed E-state index contributed by atoms with van der Waals surface area (Å²) in [5.41, 5.74) is 3.24.